The quantitative estimate of drug-likeness (QED) is 0.349. The summed E-state index contributed by atoms with van der Waals surface area (Å²) in [5.74, 6) is -1.74. The summed E-state index contributed by atoms with van der Waals surface area (Å²) in [7, 11) is 0. The molecule has 230 valence electrons. The lowest BCUT2D eigenvalue weighted by atomic mass is 9.99. The fraction of sp³-hybridized carbons (Fsp3) is 0.500. The lowest BCUT2D eigenvalue weighted by Gasteiger charge is -2.34. The largest absolute Gasteiger partial charge is 0.508 e. The van der Waals surface area contributed by atoms with Gasteiger partial charge in [-0.25, -0.2) is 9.59 Å². The molecular formula is C32H45N3O7. The van der Waals surface area contributed by atoms with Crippen molar-refractivity contribution in [3.8, 4) is 5.75 Å². The van der Waals surface area contributed by atoms with Crippen molar-refractivity contribution < 1.29 is 33.8 Å². The first-order chi connectivity index (χ1) is 19.4. The summed E-state index contributed by atoms with van der Waals surface area (Å²) < 4.78 is 10.9. The van der Waals surface area contributed by atoms with E-state index in [9.17, 15) is 24.3 Å². The van der Waals surface area contributed by atoms with Crippen molar-refractivity contribution in [1.29, 1.82) is 0 Å². The minimum atomic E-state index is -1.19. The molecule has 0 bridgehead atoms. The van der Waals surface area contributed by atoms with Crippen LogP contribution >= 0.6 is 0 Å². The van der Waals surface area contributed by atoms with E-state index in [2.05, 4.69) is 10.6 Å². The summed E-state index contributed by atoms with van der Waals surface area (Å²) in [6.07, 6.45) is -0.604. The Morgan fingerprint density at radius 2 is 1.50 bits per heavy atom. The second-order valence-electron chi connectivity index (χ2n) is 12.2. The van der Waals surface area contributed by atoms with Crippen LogP contribution in [-0.2, 0) is 30.3 Å². The molecule has 2 rings (SSSR count). The van der Waals surface area contributed by atoms with Gasteiger partial charge >= 0.3 is 12.1 Å². The Hall–Kier alpha value is -4.08. The van der Waals surface area contributed by atoms with E-state index in [-0.39, 0.29) is 18.7 Å². The summed E-state index contributed by atoms with van der Waals surface area (Å²) >= 11 is 0. The standard InChI is InChI=1S/C32H45N3O7/c1-10-35(28(38)21(3)33-30(40)42-32(7,8)9)26(23-16-17-25(36)20(2)18-23)27(37)34-24(29(39)41-31(4,5)6)19-22-14-12-11-13-15-22/h11-18,21,24,26,36H,10,19H2,1-9H3,(H,33,40)(H,34,37). The molecule has 0 saturated heterocycles. The molecule has 10 nitrogen and oxygen atoms in total. The third kappa shape index (κ3) is 10.4. The molecule has 0 spiro atoms. The number of alkyl carbamates (subject to hydrolysis) is 1. The fourth-order valence-electron chi connectivity index (χ4n) is 4.25. The summed E-state index contributed by atoms with van der Waals surface area (Å²) in [4.78, 5) is 54.7. The number of likely N-dealkylation sites (N-methyl/N-ethyl adjacent to an activating group) is 1. The zero-order chi connectivity index (χ0) is 31.8. The first-order valence-electron chi connectivity index (χ1n) is 14.1. The van der Waals surface area contributed by atoms with Crippen molar-refractivity contribution in [2.75, 3.05) is 6.54 Å². The number of hydrogen-bond acceptors (Lipinski definition) is 7. The first kappa shape index (κ1) is 34.1. The Kier molecular flexibility index (Phi) is 11.5. The van der Waals surface area contributed by atoms with Crippen molar-refractivity contribution in [3.63, 3.8) is 0 Å². The number of carbonyl (C=O) groups is 4. The molecule has 2 aromatic carbocycles. The van der Waals surface area contributed by atoms with Crippen LogP contribution < -0.4 is 10.6 Å². The molecule has 0 radical (unpaired) electrons. The van der Waals surface area contributed by atoms with Gasteiger partial charge in [0.25, 0.3) is 0 Å². The van der Waals surface area contributed by atoms with E-state index < -0.39 is 53.2 Å². The van der Waals surface area contributed by atoms with Crippen molar-refractivity contribution in [3.05, 3.63) is 65.2 Å². The van der Waals surface area contributed by atoms with Crippen LogP contribution in [0.2, 0.25) is 0 Å². The van der Waals surface area contributed by atoms with Crippen LogP contribution in [0.4, 0.5) is 4.79 Å². The second kappa shape index (κ2) is 14.2. The molecule has 0 saturated carbocycles. The van der Waals surface area contributed by atoms with Gasteiger partial charge in [0.05, 0.1) is 0 Å². The number of phenolic OH excluding ortho intramolecular Hbond substituents is 1. The van der Waals surface area contributed by atoms with E-state index in [4.69, 9.17) is 9.47 Å². The maximum Gasteiger partial charge on any atom is 0.408 e. The highest BCUT2D eigenvalue weighted by molar-refractivity contribution is 5.94. The Morgan fingerprint density at radius 3 is 2.02 bits per heavy atom. The maximum atomic E-state index is 14.1. The third-order valence-corrected chi connectivity index (χ3v) is 6.11. The van der Waals surface area contributed by atoms with E-state index in [0.717, 1.165) is 5.56 Å². The van der Waals surface area contributed by atoms with Gasteiger partial charge in [-0.3, -0.25) is 9.59 Å². The Balaban J connectivity index is 2.47. The molecule has 0 fully saturated rings. The Bertz CT molecular complexity index is 1250. The zero-order valence-corrected chi connectivity index (χ0v) is 26.1. The SMILES string of the molecule is CCN(C(=O)C(C)NC(=O)OC(C)(C)C)C(C(=O)NC(Cc1ccccc1)C(=O)OC(C)(C)C)c1ccc(O)c(C)c1. The number of aryl methyl sites for hydroxylation is 1. The van der Waals surface area contributed by atoms with Gasteiger partial charge in [0.2, 0.25) is 11.8 Å². The summed E-state index contributed by atoms with van der Waals surface area (Å²) in [5.41, 5.74) is 0.174. The number of esters is 1. The average Bonchev–Trinajstić information content (AvgIpc) is 2.86. The molecule has 3 atom stereocenters. The van der Waals surface area contributed by atoms with E-state index in [1.54, 1.807) is 67.5 Å². The molecule has 10 heteroatoms. The van der Waals surface area contributed by atoms with Gasteiger partial charge in [0.15, 0.2) is 0 Å². The predicted octanol–water partition coefficient (Wildman–Crippen LogP) is 4.57. The monoisotopic (exact) mass is 583 g/mol. The molecule has 42 heavy (non-hydrogen) atoms. The van der Waals surface area contributed by atoms with E-state index in [1.165, 1.54) is 17.9 Å². The number of carbonyl (C=O) groups excluding carboxylic acids is 4. The number of hydrogen-bond donors (Lipinski definition) is 3. The maximum absolute atomic E-state index is 14.1. The minimum absolute atomic E-state index is 0.0305. The summed E-state index contributed by atoms with van der Waals surface area (Å²) in [6, 6.07) is 10.5. The van der Waals surface area contributed by atoms with Crippen LogP contribution in [0.1, 0.15) is 78.1 Å². The molecular weight excluding hydrogens is 538 g/mol. The molecule has 3 amide bonds. The second-order valence-corrected chi connectivity index (χ2v) is 12.2. The highest BCUT2D eigenvalue weighted by Crippen LogP contribution is 2.27. The highest BCUT2D eigenvalue weighted by atomic mass is 16.6. The van der Waals surface area contributed by atoms with Crippen LogP contribution in [0.3, 0.4) is 0 Å². The molecule has 0 aromatic heterocycles. The summed E-state index contributed by atoms with van der Waals surface area (Å²) in [5, 5.41) is 15.5. The average molecular weight is 584 g/mol. The number of aromatic hydroxyl groups is 1. The lowest BCUT2D eigenvalue weighted by molar-refractivity contribution is -0.159. The zero-order valence-electron chi connectivity index (χ0n) is 26.1. The number of nitrogens with zero attached hydrogens (tertiary/aromatic N) is 1. The van der Waals surface area contributed by atoms with Gasteiger partial charge in [-0.05, 0) is 91.1 Å². The molecule has 0 aliphatic heterocycles. The lowest BCUT2D eigenvalue weighted by Crippen LogP contribution is -2.54. The Labute approximate surface area is 248 Å². The number of rotatable bonds is 10. The van der Waals surface area contributed by atoms with E-state index >= 15 is 0 Å². The minimum Gasteiger partial charge on any atom is -0.508 e. The number of benzene rings is 2. The van der Waals surface area contributed by atoms with Crippen molar-refractivity contribution in [2.24, 2.45) is 0 Å². The fourth-order valence-corrected chi connectivity index (χ4v) is 4.25. The van der Waals surface area contributed by atoms with Crippen LogP contribution in [0.15, 0.2) is 48.5 Å². The third-order valence-electron chi connectivity index (χ3n) is 6.11. The van der Waals surface area contributed by atoms with E-state index in [0.29, 0.717) is 11.1 Å². The van der Waals surface area contributed by atoms with Gasteiger partial charge < -0.3 is 30.1 Å². The molecule has 2 aromatic rings. The molecule has 3 unspecified atom stereocenters. The van der Waals surface area contributed by atoms with Crippen molar-refractivity contribution in [1.82, 2.24) is 15.5 Å². The number of ether oxygens (including phenoxy) is 2. The smallest absolute Gasteiger partial charge is 0.408 e. The van der Waals surface area contributed by atoms with Gasteiger partial charge in [0.1, 0.15) is 35.1 Å². The molecule has 0 heterocycles. The van der Waals surface area contributed by atoms with Crippen LogP contribution in [0.5, 0.6) is 5.75 Å². The normalized spacial score (nSPS) is 13.7. The van der Waals surface area contributed by atoms with Crippen LogP contribution in [0, 0.1) is 6.92 Å². The van der Waals surface area contributed by atoms with Gasteiger partial charge in [0, 0.05) is 13.0 Å². The van der Waals surface area contributed by atoms with Crippen LogP contribution in [0.25, 0.3) is 0 Å². The number of amides is 3. The topological polar surface area (TPSA) is 134 Å². The first-order valence-corrected chi connectivity index (χ1v) is 14.1. The Morgan fingerprint density at radius 1 is 0.905 bits per heavy atom. The van der Waals surface area contributed by atoms with Crippen LogP contribution in [-0.4, -0.2) is 63.7 Å². The van der Waals surface area contributed by atoms with E-state index in [1.807, 2.05) is 30.3 Å². The van der Waals surface area contributed by atoms with Crippen molar-refractivity contribution in [2.45, 2.75) is 98.1 Å². The number of phenols is 1. The number of nitrogens with one attached hydrogen (secondary N) is 2. The van der Waals surface area contributed by atoms with Crippen molar-refractivity contribution >= 4 is 23.9 Å². The molecule has 0 aliphatic rings. The molecule has 3 N–H and O–H groups in total. The molecule has 0 aliphatic carbocycles. The highest BCUT2D eigenvalue weighted by Gasteiger charge is 2.36. The van der Waals surface area contributed by atoms with Gasteiger partial charge in [-0.15, -0.1) is 0 Å². The summed E-state index contributed by atoms with van der Waals surface area (Å²) in [6.45, 7) is 15.3. The predicted molar refractivity (Wildman–Crippen MR) is 160 cm³/mol. The van der Waals surface area contributed by atoms with Gasteiger partial charge in [-0.1, -0.05) is 36.4 Å². The van der Waals surface area contributed by atoms with Gasteiger partial charge in [-0.2, -0.15) is 0 Å².